The van der Waals surface area contributed by atoms with E-state index in [1.54, 1.807) is 0 Å². The summed E-state index contributed by atoms with van der Waals surface area (Å²) in [6.07, 6.45) is -0.605. The smallest absolute Gasteiger partial charge is 0.254 e. The molecule has 40 heavy (non-hydrogen) atoms. The highest BCUT2D eigenvalue weighted by Gasteiger charge is 2.40. The average molecular weight is 552 g/mol. The lowest BCUT2D eigenvalue weighted by molar-refractivity contribution is -0.147. The number of benzene rings is 2. The van der Waals surface area contributed by atoms with E-state index >= 15 is 0 Å². The minimum Gasteiger partial charge on any atom is -0.381 e. The minimum atomic E-state index is -1.62. The van der Waals surface area contributed by atoms with Gasteiger partial charge in [0, 0.05) is 18.6 Å². The van der Waals surface area contributed by atoms with E-state index in [4.69, 9.17) is 5.73 Å². The van der Waals surface area contributed by atoms with Crippen LogP contribution in [-0.4, -0.2) is 69.9 Å². The molecule has 0 aromatic heterocycles. The summed E-state index contributed by atoms with van der Waals surface area (Å²) in [5.74, 6) is -2.13. The van der Waals surface area contributed by atoms with Crippen LogP contribution in [0.5, 0.6) is 0 Å². The van der Waals surface area contributed by atoms with Crippen LogP contribution in [0.1, 0.15) is 51.2 Å². The molecule has 1 heterocycles. The monoisotopic (exact) mass is 551 g/mol. The molecule has 1 fully saturated rings. The van der Waals surface area contributed by atoms with Crippen LogP contribution in [0, 0.1) is 0 Å². The number of nitrogens with two attached hydrogens (primary N) is 1. The Morgan fingerprint density at radius 3 is 2.17 bits per heavy atom. The van der Waals surface area contributed by atoms with Crippen LogP contribution >= 0.6 is 0 Å². The largest absolute Gasteiger partial charge is 0.381 e. The van der Waals surface area contributed by atoms with Crippen molar-refractivity contribution in [2.45, 2.75) is 82.8 Å². The van der Waals surface area contributed by atoms with Crippen molar-refractivity contribution >= 4 is 23.6 Å². The van der Waals surface area contributed by atoms with E-state index in [0.717, 1.165) is 11.1 Å². The van der Waals surface area contributed by atoms with E-state index in [2.05, 4.69) is 16.0 Å². The van der Waals surface area contributed by atoms with Crippen molar-refractivity contribution in [1.29, 1.82) is 0 Å². The third-order valence-electron chi connectivity index (χ3n) is 6.71. The summed E-state index contributed by atoms with van der Waals surface area (Å²) in [4.78, 5) is 53.0. The van der Waals surface area contributed by atoms with Crippen molar-refractivity contribution in [2.24, 2.45) is 5.73 Å². The minimum absolute atomic E-state index is 0.161. The molecule has 216 valence electrons. The molecule has 4 amide bonds. The number of likely N-dealkylation sites (tertiary alicyclic amines) is 1. The van der Waals surface area contributed by atoms with E-state index in [-0.39, 0.29) is 18.7 Å². The number of aliphatic hydroxyl groups is 1. The van der Waals surface area contributed by atoms with Gasteiger partial charge in [0.15, 0.2) is 6.10 Å². The van der Waals surface area contributed by atoms with Crippen LogP contribution in [0.4, 0.5) is 0 Å². The number of aliphatic hydroxyl groups excluding tert-OH is 1. The van der Waals surface area contributed by atoms with Gasteiger partial charge in [-0.15, -0.1) is 0 Å². The summed E-state index contributed by atoms with van der Waals surface area (Å²) in [5, 5.41) is 20.1. The molecule has 1 aliphatic rings. The Morgan fingerprint density at radius 1 is 1.00 bits per heavy atom. The molecule has 0 unspecified atom stereocenters. The summed E-state index contributed by atoms with van der Waals surface area (Å²) in [6.45, 7) is 6.23. The quantitative estimate of drug-likeness (QED) is 0.265. The van der Waals surface area contributed by atoms with E-state index in [0.29, 0.717) is 25.9 Å². The van der Waals surface area contributed by atoms with E-state index in [9.17, 15) is 24.3 Å². The fraction of sp³-hybridized carbons (Fsp3) is 0.467. The number of nitrogens with one attached hydrogen (secondary N) is 3. The van der Waals surface area contributed by atoms with E-state index in [1.807, 2.05) is 81.4 Å². The molecule has 10 heteroatoms. The first-order valence-corrected chi connectivity index (χ1v) is 13.6. The van der Waals surface area contributed by atoms with Crippen molar-refractivity contribution in [3.05, 3.63) is 71.8 Å². The van der Waals surface area contributed by atoms with Gasteiger partial charge in [0.25, 0.3) is 5.91 Å². The van der Waals surface area contributed by atoms with Crippen molar-refractivity contribution < 1.29 is 24.3 Å². The standard InChI is InChI=1S/C30H41N5O5/c1-30(2,3)34-28(39)24-15-10-16-35(24)29(40)26(37)22(17-20-11-6-4-7-12-20)33-27(38)23(18-25(31)36)32-19-21-13-8-5-9-14-21/h4-9,11-14,22-24,26,32,37H,10,15-19H2,1-3H3,(H2,31,36)(H,33,38)(H,34,39)/t22-,23-,24-,26-/m0/s1. The predicted molar refractivity (Wildman–Crippen MR) is 152 cm³/mol. The lowest BCUT2D eigenvalue weighted by atomic mass is 9.99. The molecule has 0 aliphatic carbocycles. The van der Waals surface area contributed by atoms with Gasteiger partial charge >= 0.3 is 0 Å². The maximum atomic E-state index is 13.6. The highest BCUT2D eigenvalue weighted by atomic mass is 16.3. The zero-order chi connectivity index (χ0) is 29.3. The molecule has 2 aromatic rings. The number of carbonyl (C=O) groups is 4. The van der Waals surface area contributed by atoms with E-state index < -0.39 is 47.5 Å². The van der Waals surface area contributed by atoms with Gasteiger partial charge in [-0.25, -0.2) is 0 Å². The highest BCUT2D eigenvalue weighted by Crippen LogP contribution is 2.21. The van der Waals surface area contributed by atoms with Crippen LogP contribution < -0.4 is 21.7 Å². The second kappa shape index (κ2) is 14.0. The van der Waals surface area contributed by atoms with Crippen LogP contribution in [-0.2, 0) is 32.1 Å². The molecule has 1 aliphatic heterocycles. The van der Waals surface area contributed by atoms with Crippen molar-refractivity contribution in [3.63, 3.8) is 0 Å². The Balaban J connectivity index is 1.79. The first-order valence-electron chi connectivity index (χ1n) is 13.6. The first-order chi connectivity index (χ1) is 18.9. The number of primary amides is 1. The van der Waals surface area contributed by atoms with Gasteiger partial charge < -0.3 is 31.7 Å². The summed E-state index contributed by atoms with van der Waals surface area (Å²) in [5.41, 5.74) is 6.66. The summed E-state index contributed by atoms with van der Waals surface area (Å²) >= 11 is 0. The zero-order valence-corrected chi connectivity index (χ0v) is 23.4. The maximum absolute atomic E-state index is 13.6. The SMILES string of the molecule is CC(C)(C)NC(=O)[C@@H]1CCCN1C(=O)[C@@H](O)[C@H](Cc1ccccc1)NC(=O)[C@H](CC(N)=O)NCc1ccccc1. The Hall–Kier alpha value is -3.76. The lowest BCUT2D eigenvalue weighted by Gasteiger charge is -2.32. The van der Waals surface area contributed by atoms with Gasteiger partial charge in [0.2, 0.25) is 17.7 Å². The molecule has 6 N–H and O–H groups in total. The zero-order valence-electron chi connectivity index (χ0n) is 23.4. The molecule has 0 spiro atoms. The number of hydrogen-bond acceptors (Lipinski definition) is 6. The molecule has 0 saturated carbocycles. The third kappa shape index (κ3) is 9.17. The molecule has 3 rings (SSSR count). The third-order valence-corrected chi connectivity index (χ3v) is 6.71. The molecule has 2 aromatic carbocycles. The number of amides is 4. The summed E-state index contributed by atoms with van der Waals surface area (Å²) in [7, 11) is 0. The first kappa shape index (κ1) is 30.8. The molecule has 0 radical (unpaired) electrons. The van der Waals surface area contributed by atoms with Crippen LogP contribution in [0.15, 0.2) is 60.7 Å². The Kier molecular flexibility index (Phi) is 10.8. The lowest BCUT2D eigenvalue weighted by Crippen LogP contribution is -2.58. The second-order valence-electron chi connectivity index (χ2n) is 11.3. The van der Waals surface area contributed by atoms with Crippen LogP contribution in [0.25, 0.3) is 0 Å². The van der Waals surface area contributed by atoms with Gasteiger partial charge in [0.1, 0.15) is 6.04 Å². The van der Waals surface area contributed by atoms with Gasteiger partial charge in [-0.05, 0) is 51.2 Å². The molecule has 4 atom stereocenters. The van der Waals surface area contributed by atoms with Gasteiger partial charge in [0.05, 0.1) is 18.5 Å². The molecule has 10 nitrogen and oxygen atoms in total. The molecule has 0 bridgehead atoms. The number of rotatable bonds is 12. The van der Waals surface area contributed by atoms with Crippen LogP contribution in [0.3, 0.4) is 0 Å². The predicted octanol–water partition coefficient (Wildman–Crippen LogP) is 1.01. The number of nitrogens with zero attached hydrogens (tertiary/aromatic N) is 1. The van der Waals surface area contributed by atoms with Gasteiger partial charge in [-0.1, -0.05) is 60.7 Å². The molecule has 1 saturated heterocycles. The normalized spacial score (nSPS) is 17.5. The maximum Gasteiger partial charge on any atom is 0.254 e. The summed E-state index contributed by atoms with van der Waals surface area (Å²) < 4.78 is 0. The topological polar surface area (TPSA) is 154 Å². The van der Waals surface area contributed by atoms with Gasteiger partial charge in [-0.2, -0.15) is 0 Å². The fourth-order valence-electron chi connectivity index (χ4n) is 4.79. The Morgan fingerprint density at radius 2 is 1.60 bits per heavy atom. The van der Waals surface area contributed by atoms with Crippen molar-refractivity contribution in [3.8, 4) is 0 Å². The number of hydrogen-bond donors (Lipinski definition) is 5. The van der Waals surface area contributed by atoms with Crippen LogP contribution in [0.2, 0.25) is 0 Å². The van der Waals surface area contributed by atoms with Gasteiger partial charge in [-0.3, -0.25) is 19.2 Å². The van der Waals surface area contributed by atoms with Crippen molar-refractivity contribution in [1.82, 2.24) is 20.9 Å². The Bertz CT molecular complexity index is 1150. The fourth-order valence-corrected chi connectivity index (χ4v) is 4.79. The molecular formula is C30H41N5O5. The second-order valence-corrected chi connectivity index (χ2v) is 11.3. The summed E-state index contributed by atoms with van der Waals surface area (Å²) in [6, 6.07) is 15.9. The number of carbonyl (C=O) groups excluding carboxylic acids is 4. The molecular weight excluding hydrogens is 510 g/mol. The average Bonchev–Trinajstić information content (AvgIpc) is 3.40. The van der Waals surface area contributed by atoms with E-state index in [1.165, 1.54) is 4.90 Å². The highest BCUT2D eigenvalue weighted by molar-refractivity contribution is 5.92. The van der Waals surface area contributed by atoms with Crippen molar-refractivity contribution in [2.75, 3.05) is 6.54 Å². The Labute approximate surface area is 235 Å².